The second-order valence-electron chi connectivity index (χ2n) is 8.39. The van der Waals surface area contributed by atoms with E-state index in [2.05, 4.69) is 11.4 Å². The summed E-state index contributed by atoms with van der Waals surface area (Å²) in [5, 5.41) is 3.27. The Bertz CT molecular complexity index is 1110. The highest BCUT2D eigenvalue weighted by molar-refractivity contribution is 5.94. The SMILES string of the molecule is COc1ccc(Oc2cccc(C(=O)NC3CCCCC3c3ccc(OC)c(OC)c3)c2)cc1. The van der Waals surface area contributed by atoms with Gasteiger partial charge in [-0.15, -0.1) is 0 Å². The highest BCUT2D eigenvalue weighted by Crippen LogP contribution is 2.37. The van der Waals surface area contributed by atoms with Crippen LogP contribution in [0.2, 0.25) is 0 Å². The highest BCUT2D eigenvalue weighted by atomic mass is 16.5. The number of hydrogen-bond acceptors (Lipinski definition) is 5. The van der Waals surface area contributed by atoms with Crippen molar-refractivity contribution in [3.8, 4) is 28.7 Å². The van der Waals surface area contributed by atoms with Crippen LogP contribution in [0.4, 0.5) is 0 Å². The molecule has 2 unspecified atom stereocenters. The number of carbonyl (C=O) groups is 1. The van der Waals surface area contributed by atoms with Crippen LogP contribution in [0.25, 0.3) is 0 Å². The molecule has 3 aromatic rings. The highest BCUT2D eigenvalue weighted by Gasteiger charge is 2.29. The standard InChI is InChI=1S/C28H31NO5/c1-31-21-12-14-22(15-13-21)34-23-8-6-7-20(17-23)28(30)29-25-10-5-4-9-24(25)19-11-16-26(32-2)27(18-19)33-3/h6-8,11-18,24-25H,4-5,9-10H2,1-3H3,(H,29,30). The van der Waals surface area contributed by atoms with Crippen molar-refractivity contribution < 1.29 is 23.7 Å². The van der Waals surface area contributed by atoms with Gasteiger partial charge in [-0.3, -0.25) is 4.79 Å². The number of hydrogen-bond donors (Lipinski definition) is 1. The van der Waals surface area contributed by atoms with Crippen LogP contribution in [0.3, 0.4) is 0 Å². The lowest BCUT2D eigenvalue weighted by Crippen LogP contribution is -2.41. The van der Waals surface area contributed by atoms with E-state index in [1.807, 2.05) is 54.6 Å². The van der Waals surface area contributed by atoms with Crippen molar-refractivity contribution in [1.82, 2.24) is 5.32 Å². The van der Waals surface area contributed by atoms with Crippen molar-refractivity contribution in [2.24, 2.45) is 0 Å². The van der Waals surface area contributed by atoms with Gasteiger partial charge in [0.2, 0.25) is 0 Å². The van der Waals surface area contributed by atoms with Crippen LogP contribution >= 0.6 is 0 Å². The minimum absolute atomic E-state index is 0.0468. The smallest absolute Gasteiger partial charge is 0.251 e. The average Bonchev–Trinajstić information content (AvgIpc) is 2.89. The van der Waals surface area contributed by atoms with Crippen LogP contribution in [0.5, 0.6) is 28.7 Å². The van der Waals surface area contributed by atoms with E-state index in [0.717, 1.165) is 37.0 Å². The maximum Gasteiger partial charge on any atom is 0.251 e. The van der Waals surface area contributed by atoms with Crippen molar-refractivity contribution >= 4 is 5.91 Å². The molecule has 0 spiro atoms. The molecule has 1 aliphatic carbocycles. The molecule has 1 N–H and O–H groups in total. The van der Waals surface area contributed by atoms with Crippen LogP contribution in [-0.2, 0) is 0 Å². The Morgan fingerprint density at radius 3 is 2.24 bits per heavy atom. The fourth-order valence-electron chi connectivity index (χ4n) is 4.52. The number of nitrogens with one attached hydrogen (secondary N) is 1. The lowest BCUT2D eigenvalue weighted by atomic mass is 9.79. The third kappa shape index (κ3) is 5.45. The largest absolute Gasteiger partial charge is 0.497 e. The van der Waals surface area contributed by atoms with Gasteiger partial charge in [0.15, 0.2) is 11.5 Å². The molecular formula is C28H31NO5. The van der Waals surface area contributed by atoms with Crippen molar-refractivity contribution in [3.05, 3.63) is 77.9 Å². The molecule has 34 heavy (non-hydrogen) atoms. The van der Waals surface area contributed by atoms with E-state index in [9.17, 15) is 4.79 Å². The topological polar surface area (TPSA) is 66.0 Å². The van der Waals surface area contributed by atoms with Crippen LogP contribution in [0.1, 0.15) is 47.5 Å². The van der Waals surface area contributed by atoms with Gasteiger partial charge >= 0.3 is 0 Å². The Hall–Kier alpha value is -3.67. The van der Waals surface area contributed by atoms with Crippen LogP contribution in [0.15, 0.2) is 66.7 Å². The number of benzene rings is 3. The molecule has 0 aliphatic heterocycles. The molecule has 0 heterocycles. The van der Waals surface area contributed by atoms with E-state index < -0.39 is 0 Å². The quantitative estimate of drug-likeness (QED) is 0.448. The number of amides is 1. The predicted octanol–water partition coefficient (Wildman–Crippen LogP) is 5.96. The molecule has 0 saturated heterocycles. The molecule has 1 saturated carbocycles. The van der Waals surface area contributed by atoms with Crippen LogP contribution in [0, 0.1) is 0 Å². The van der Waals surface area contributed by atoms with Crippen molar-refractivity contribution in [2.45, 2.75) is 37.6 Å². The zero-order chi connectivity index (χ0) is 23.9. The van der Waals surface area contributed by atoms with Gasteiger partial charge in [0, 0.05) is 17.5 Å². The van der Waals surface area contributed by atoms with Gasteiger partial charge in [-0.2, -0.15) is 0 Å². The molecule has 1 amide bonds. The third-order valence-electron chi connectivity index (χ3n) is 6.31. The summed E-state index contributed by atoms with van der Waals surface area (Å²) >= 11 is 0. The van der Waals surface area contributed by atoms with E-state index in [-0.39, 0.29) is 17.9 Å². The van der Waals surface area contributed by atoms with Gasteiger partial charge in [-0.1, -0.05) is 25.0 Å². The van der Waals surface area contributed by atoms with Gasteiger partial charge in [-0.05, 0) is 73.0 Å². The Balaban J connectivity index is 1.48. The van der Waals surface area contributed by atoms with Crippen molar-refractivity contribution in [2.75, 3.05) is 21.3 Å². The van der Waals surface area contributed by atoms with Crippen molar-refractivity contribution in [3.63, 3.8) is 0 Å². The van der Waals surface area contributed by atoms with Crippen molar-refractivity contribution in [1.29, 1.82) is 0 Å². The minimum atomic E-state index is -0.0995. The maximum atomic E-state index is 13.2. The van der Waals surface area contributed by atoms with Crippen LogP contribution < -0.4 is 24.3 Å². The lowest BCUT2D eigenvalue weighted by molar-refractivity contribution is 0.0920. The fourth-order valence-corrected chi connectivity index (χ4v) is 4.52. The van der Waals surface area contributed by atoms with E-state index in [1.165, 1.54) is 0 Å². The first-order valence-corrected chi connectivity index (χ1v) is 11.6. The normalized spacial score (nSPS) is 17.5. The molecule has 0 bridgehead atoms. The summed E-state index contributed by atoms with van der Waals surface area (Å²) in [4.78, 5) is 13.2. The third-order valence-corrected chi connectivity index (χ3v) is 6.31. The predicted molar refractivity (Wildman–Crippen MR) is 132 cm³/mol. The zero-order valence-electron chi connectivity index (χ0n) is 19.9. The first-order valence-electron chi connectivity index (χ1n) is 11.6. The molecule has 2 atom stereocenters. The lowest BCUT2D eigenvalue weighted by Gasteiger charge is -2.33. The molecule has 6 nitrogen and oxygen atoms in total. The molecular weight excluding hydrogens is 430 g/mol. The number of rotatable bonds is 8. The second kappa shape index (κ2) is 11.0. The van der Waals surface area contributed by atoms with Gasteiger partial charge in [0.05, 0.1) is 21.3 Å². The van der Waals surface area contributed by atoms with E-state index in [4.69, 9.17) is 18.9 Å². The average molecular weight is 462 g/mol. The first kappa shape index (κ1) is 23.5. The minimum Gasteiger partial charge on any atom is -0.497 e. The zero-order valence-corrected chi connectivity index (χ0v) is 19.9. The van der Waals surface area contributed by atoms with Gasteiger partial charge in [-0.25, -0.2) is 0 Å². The summed E-state index contributed by atoms with van der Waals surface area (Å²) in [6.07, 6.45) is 4.18. The molecule has 4 rings (SSSR count). The molecule has 178 valence electrons. The van der Waals surface area contributed by atoms with Gasteiger partial charge < -0.3 is 24.3 Å². The molecule has 3 aromatic carbocycles. The maximum absolute atomic E-state index is 13.2. The summed E-state index contributed by atoms with van der Waals surface area (Å²) in [5.41, 5.74) is 1.72. The molecule has 6 heteroatoms. The summed E-state index contributed by atoms with van der Waals surface area (Å²) in [5.74, 6) is 3.58. The number of ether oxygens (including phenoxy) is 4. The number of carbonyl (C=O) groups excluding carboxylic acids is 1. The fraction of sp³-hybridized carbons (Fsp3) is 0.321. The van der Waals surface area contributed by atoms with Gasteiger partial charge in [0.1, 0.15) is 17.2 Å². The summed E-state index contributed by atoms with van der Waals surface area (Å²) in [6.45, 7) is 0. The number of methoxy groups -OCH3 is 3. The second-order valence-corrected chi connectivity index (χ2v) is 8.39. The Labute approximate surface area is 200 Å². The van der Waals surface area contributed by atoms with E-state index in [0.29, 0.717) is 28.6 Å². The van der Waals surface area contributed by atoms with Crippen LogP contribution in [-0.4, -0.2) is 33.3 Å². The summed E-state index contributed by atoms with van der Waals surface area (Å²) < 4.78 is 22.0. The summed E-state index contributed by atoms with van der Waals surface area (Å²) in [6, 6.07) is 20.7. The Kier molecular flexibility index (Phi) is 7.58. The molecule has 1 aliphatic rings. The Morgan fingerprint density at radius 1 is 0.765 bits per heavy atom. The summed E-state index contributed by atoms with van der Waals surface area (Å²) in [7, 11) is 4.90. The first-order chi connectivity index (χ1) is 16.6. The van der Waals surface area contributed by atoms with E-state index >= 15 is 0 Å². The molecule has 0 aromatic heterocycles. The monoisotopic (exact) mass is 461 g/mol. The Morgan fingerprint density at radius 2 is 1.50 bits per heavy atom. The molecule has 1 fully saturated rings. The van der Waals surface area contributed by atoms with E-state index in [1.54, 1.807) is 27.4 Å². The van der Waals surface area contributed by atoms with Gasteiger partial charge in [0.25, 0.3) is 5.91 Å². The molecule has 0 radical (unpaired) electrons.